The van der Waals surface area contributed by atoms with Gasteiger partial charge < -0.3 is 15.5 Å². The van der Waals surface area contributed by atoms with Crippen molar-refractivity contribution in [2.24, 2.45) is 5.73 Å². The lowest BCUT2D eigenvalue weighted by Gasteiger charge is -2.37. The molecular formula is C13H22N4. The number of aromatic nitrogens is 1. The molecule has 0 amide bonds. The minimum Gasteiger partial charge on any atom is -0.371 e. The molecule has 0 radical (unpaired) electrons. The molecule has 1 aromatic rings. The Morgan fingerprint density at radius 3 is 2.59 bits per heavy atom. The molecular weight excluding hydrogens is 212 g/mol. The van der Waals surface area contributed by atoms with Gasteiger partial charge in [-0.3, -0.25) is 4.98 Å². The van der Waals surface area contributed by atoms with Crippen molar-refractivity contribution in [3.63, 3.8) is 0 Å². The standard InChI is InChI=1S/C13H22N4/c1-16(12-2-7-15-8-3-12)13-4-9-17(10-5-13)11-6-14/h2-3,7-8,13H,4-6,9-11,14H2,1H3. The molecule has 0 aliphatic carbocycles. The number of nitrogens with two attached hydrogens (primary N) is 1. The van der Waals surface area contributed by atoms with Crippen molar-refractivity contribution in [2.45, 2.75) is 18.9 Å². The first-order valence-corrected chi connectivity index (χ1v) is 6.36. The van der Waals surface area contributed by atoms with Crippen LogP contribution in [0.4, 0.5) is 5.69 Å². The molecule has 1 aliphatic rings. The van der Waals surface area contributed by atoms with Crippen LogP contribution < -0.4 is 10.6 Å². The minimum absolute atomic E-state index is 0.645. The maximum absolute atomic E-state index is 5.59. The first-order chi connectivity index (χ1) is 8.31. The summed E-state index contributed by atoms with van der Waals surface area (Å²) in [4.78, 5) is 8.89. The topological polar surface area (TPSA) is 45.4 Å². The van der Waals surface area contributed by atoms with Crippen LogP contribution in [-0.4, -0.2) is 49.2 Å². The second-order valence-electron chi connectivity index (χ2n) is 4.68. The SMILES string of the molecule is CN(c1ccncc1)C1CCN(CCN)CC1. The van der Waals surface area contributed by atoms with Crippen LogP contribution >= 0.6 is 0 Å². The number of piperidine rings is 1. The molecule has 0 unspecified atom stereocenters. The van der Waals surface area contributed by atoms with E-state index in [-0.39, 0.29) is 0 Å². The molecule has 0 aromatic carbocycles. The highest BCUT2D eigenvalue weighted by molar-refractivity contribution is 5.44. The smallest absolute Gasteiger partial charge is 0.0396 e. The van der Waals surface area contributed by atoms with E-state index >= 15 is 0 Å². The first kappa shape index (κ1) is 12.3. The summed E-state index contributed by atoms with van der Waals surface area (Å²) in [6.07, 6.45) is 6.16. The van der Waals surface area contributed by atoms with Gasteiger partial charge >= 0.3 is 0 Å². The van der Waals surface area contributed by atoms with Crippen molar-refractivity contribution >= 4 is 5.69 Å². The average molecular weight is 234 g/mol. The van der Waals surface area contributed by atoms with Crippen molar-refractivity contribution < 1.29 is 0 Å². The third-order valence-electron chi connectivity index (χ3n) is 3.62. The van der Waals surface area contributed by atoms with Gasteiger partial charge in [0.15, 0.2) is 0 Å². The van der Waals surface area contributed by atoms with E-state index in [0.717, 1.165) is 26.2 Å². The summed E-state index contributed by atoms with van der Waals surface area (Å²) in [7, 11) is 2.18. The molecule has 4 heteroatoms. The Balaban J connectivity index is 1.88. The van der Waals surface area contributed by atoms with Crippen LogP contribution in [0.3, 0.4) is 0 Å². The summed E-state index contributed by atoms with van der Waals surface area (Å²) in [6, 6.07) is 4.80. The van der Waals surface area contributed by atoms with Gasteiger partial charge in [-0.25, -0.2) is 0 Å². The second kappa shape index (κ2) is 5.98. The first-order valence-electron chi connectivity index (χ1n) is 6.36. The van der Waals surface area contributed by atoms with Gasteiger partial charge in [-0.2, -0.15) is 0 Å². The molecule has 2 heterocycles. The van der Waals surface area contributed by atoms with Gasteiger partial charge in [0.25, 0.3) is 0 Å². The third-order valence-corrected chi connectivity index (χ3v) is 3.62. The highest BCUT2D eigenvalue weighted by Crippen LogP contribution is 2.20. The van der Waals surface area contributed by atoms with E-state index in [2.05, 4.69) is 34.0 Å². The van der Waals surface area contributed by atoms with Crippen molar-refractivity contribution in [1.82, 2.24) is 9.88 Å². The number of hydrogen-bond acceptors (Lipinski definition) is 4. The Morgan fingerprint density at radius 1 is 1.35 bits per heavy atom. The van der Waals surface area contributed by atoms with E-state index in [9.17, 15) is 0 Å². The fraction of sp³-hybridized carbons (Fsp3) is 0.615. The Bertz CT molecular complexity index is 319. The van der Waals surface area contributed by atoms with Gasteiger partial charge in [0.05, 0.1) is 0 Å². The largest absolute Gasteiger partial charge is 0.371 e. The monoisotopic (exact) mass is 234 g/mol. The van der Waals surface area contributed by atoms with E-state index in [4.69, 9.17) is 5.73 Å². The summed E-state index contributed by atoms with van der Waals surface area (Å²) < 4.78 is 0. The number of pyridine rings is 1. The van der Waals surface area contributed by atoms with E-state index in [1.165, 1.54) is 18.5 Å². The van der Waals surface area contributed by atoms with Gasteiger partial charge in [0.1, 0.15) is 0 Å². The minimum atomic E-state index is 0.645. The Labute approximate surface area is 103 Å². The lowest BCUT2D eigenvalue weighted by atomic mass is 10.0. The molecule has 2 rings (SSSR count). The van der Waals surface area contributed by atoms with Crippen LogP contribution in [-0.2, 0) is 0 Å². The molecule has 2 N–H and O–H groups in total. The summed E-state index contributed by atoms with van der Waals surface area (Å²) in [6.45, 7) is 4.13. The number of hydrogen-bond donors (Lipinski definition) is 1. The van der Waals surface area contributed by atoms with Crippen LogP contribution in [0.2, 0.25) is 0 Å². The lowest BCUT2D eigenvalue weighted by Crippen LogP contribution is -2.44. The second-order valence-corrected chi connectivity index (χ2v) is 4.68. The zero-order valence-corrected chi connectivity index (χ0v) is 10.5. The molecule has 0 bridgehead atoms. The zero-order chi connectivity index (χ0) is 12.1. The highest BCUT2D eigenvalue weighted by atomic mass is 15.2. The normalized spacial score (nSPS) is 18.2. The Hall–Kier alpha value is -1.13. The molecule has 0 spiro atoms. The van der Waals surface area contributed by atoms with Crippen molar-refractivity contribution in [1.29, 1.82) is 0 Å². The number of nitrogens with zero attached hydrogens (tertiary/aromatic N) is 3. The Kier molecular flexibility index (Phi) is 4.34. The number of rotatable bonds is 4. The highest BCUT2D eigenvalue weighted by Gasteiger charge is 2.21. The molecule has 17 heavy (non-hydrogen) atoms. The fourth-order valence-electron chi connectivity index (χ4n) is 2.50. The molecule has 0 atom stereocenters. The number of anilines is 1. The predicted molar refractivity (Wildman–Crippen MR) is 71.2 cm³/mol. The lowest BCUT2D eigenvalue weighted by molar-refractivity contribution is 0.216. The molecule has 1 saturated heterocycles. The van der Waals surface area contributed by atoms with Crippen LogP contribution in [0.15, 0.2) is 24.5 Å². The quantitative estimate of drug-likeness (QED) is 0.842. The van der Waals surface area contributed by atoms with Crippen molar-refractivity contribution in [3.05, 3.63) is 24.5 Å². The molecule has 4 nitrogen and oxygen atoms in total. The summed E-state index contributed by atoms with van der Waals surface area (Å²) in [5.41, 5.74) is 6.85. The summed E-state index contributed by atoms with van der Waals surface area (Å²) in [5, 5.41) is 0. The average Bonchev–Trinajstić information content (AvgIpc) is 2.40. The predicted octanol–water partition coefficient (Wildman–Crippen LogP) is 0.941. The molecule has 0 saturated carbocycles. The zero-order valence-electron chi connectivity index (χ0n) is 10.5. The Morgan fingerprint density at radius 2 is 2.00 bits per heavy atom. The fourth-order valence-corrected chi connectivity index (χ4v) is 2.50. The van der Waals surface area contributed by atoms with Gasteiger partial charge in [0, 0.05) is 57.3 Å². The van der Waals surface area contributed by atoms with Gasteiger partial charge in [-0.15, -0.1) is 0 Å². The van der Waals surface area contributed by atoms with Crippen molar-refractivity contribution in [2.75, 3.05) is 38.1 Å². The van der Waals surface area contributed by atoms with E-state index in [1.54, 1.807) is 0 Å². The van der Waals surface area contributed by atoms with Gasteiger partial charge in [-0.1, -0.05) is 0 Å². The molecule has 1 fully saturated rings. The van der Waals surface area contributed by atoms with Gasteiger partial charge in [-0.05, 0) is 25.0 Å². The van der Waals surface area contributed by atoms with Crippen LogP contribution in [0.25, 0.3) is 0 Å². The summed E-state index contributed by atoms with van der Waals surface area (Å²) in [5.74, 6) is 0. The van der Waals surface area contributed by atoms with Crippen molar-refractivity contribution in [3.8, 4) is 0 Å². The molecule has 1 aliphatic heterocycles. The van der Waals surface area contributed by atoms with E-state index in [0.29, 0.717) is 6.04 Å². The van der Waals surface area contributed by atoms with E-state index < -0.39 is 0 Å². The van der Waals surface area contributed by atoms with Crippen LogP contribution in [0.5, 0.6) is 0 Å². The molecule has 1 aromatic heterocycles. The maximum Gasteiger partial charge on any atom is 0.0396 e. The van der Waals surface area contributed by atoms with Gasteiger partial charge in [0.2, 0.25) is 0 Å². The number of likely N-dealkylation sites (tertiary alicyclic amines) is 1. The van der Waals surface area contributed by atoms with E-state index in [1.807, 2.05) is 12.4 Å². The summed E-state index contributed by atoms with van der Waals surface area (Å²) >= 11 is 0. The van der Waals surface area contributed by atoms with Crippen LogP contribution in [0.1, 0.15) is 12.8 Å². The third kappa shape index (κ3) is 3.17. The van der Waals surface area contributed by atoms with Crippen LogP contribution in [0, 0.1) is 0 Å². The molecule has 94 valence electrons. The maximum atomic E-state index is 5.59.